The first-order chi connectivity index (χ1) is 9.00. The summed E-state index contributed by atoms with van der Waals surface area (Å²) in [5, 5.41) is 11.0. The molecule has 1 aliphatic carbocycles. The summed E-state index contributed by atoms with van der Waals surface area (Å²) < 4.78 is 6.27. The second kappa shape index (κ2) is 5.88. The Balaban J connectivity index is 2.08. The second-order valence-electron chi connectivity index (χ2n) is 5.08. The SMILES string of the molecule is NC1(COc2ccc(Br)cc2[N+](=O)[O-])CCCCC1. The molecule has 2 rings (SSSR count). The summed E-state index contributed by atoms with van der Waals surface area (Å²) >= 11 is 3.22. The highest BCUT2D eigenvalue weighted by Crippen LogP contribution is 2.32. The molecule has 1 saturated carbocycles. The van der Waals surface area contributed by atoms with Gasteiger partial charge in [0.2, 0.25) is 0 Å². The first-order valence-corrected chi connectivity index (χ1v) is 7.15. The van der Waals surface area contributed by atoms with Crippen molar-refractivity contribution < 1.29 is 9.66 Å². The Kier molecular flexibility index (Phi) is 4.42. The lowest BCUT2D eigenvalue weighted by molar-refractivity contribution is -0.386. The van der Waals surface area contributed by atoms with Gasteiger partial charge in [-0.2, -0.15) is 0 Å². The molecule has 2 N–H and O–H groups in total. The summed E-state index contributed by atoms with van der Waals surface area (Å²) in [4.78, 5) is 10.5. The summed E-state index contributed by atoms with van der Waals surface area (Å²) in [7, 11) is 0. The van der Waals surface area contributed by atoms with E-state index in [1.54, 1.807) is 12.1 Å². The van der Waals surface area contributed by atoms with Gasteiger partial charge in [-0.1, -0.05) is 35.2 Å². The average Bonchev–Trinajstić information content (AvgIpc) is 2.38. The molecule has 0 atom stereocenters. The Morgan fingerprint density at radius 2 is 2.05 bits per heavy atom. The van der Waals surface area contributed by atoms with E-state index in [2.05, 4.69) is 15.9 Å². The lowest BCUT2D eigenvalue weighted by atomic mass is 9.83. The molecule has 19 heavy (non-hydrogen) atoms. The number of nitrogens with two attached hydrogens (primary N) is 1. The van der Waals surface area contributed by atoms with E-state index in [-0.39, 0.29) is 17.0 Å². The zero-order valence-electron chi connectivity index (χ0n) is 10.6. The topological polar surface area (TPSA) is 78.4 Å². The minimum Gasteiger partial charge on any atom is -0.485 e. The predicted molar refractivity (Wildman–Crippen MR) is 76.3 cm³/mol. The molecule has 0 saturated heterocycles. The molecule has 0 radical (unpaired) electrons. The molecule has 0 bridgehead atoms. The summed E-state index contributed by atoms with van der Waals surface area (Å²) in [5.74, 6) is 0.281. The van der Waals surface area contributed by atoms with Crippen LogP contribution in [0.4, 0.5) is 5.69 Å². The molecule has 1 aromatic rings. The van der Waals surface area contributed by atoms with Crippen molar-refractivity contribution in [1.82, 2.24) is 0 Å². The lowest BCUT2D eigenvalue weighted by Gasteiger charge is -2.32. The van der Waals surface area contributed by atoms with Gasteiger partial charge in [-0.05, 0) is 25.0 Å². The molecule has 1 aliphatic rings. The third-order valence-electron chi connectivity index (χ3n) is 3.48. The van der Waals surface area contributed by atoms with E-state index < -0.39 is 4.92 Å². The number of halogens is 1. The van der Waals surface area contributed by atoms with Gasteiger partial charge in [0.1, 0.15) is 6.61 Å². The maximum atomic E-state index is 11.0. The van der Waals surface area contributed by atoms with Crippen molar-refractivity contribution >= 4 is 21.6 Å². The molecule has 1 fully saturated rings. The Bertz CT molecular complexity index is 473. The van der Waals surface area contributed by atoms with Crippen LogP contribution in [0.3, 0.4) is 0 Å². The predicted octanol–water partition coefficient (Wildman–Crippen LogP) is 3.40. The molecule has 5 nitrogen and oxygen atoms in total. The summed E-state index contributed by atoms with van der Waals surface area (Å²) in [6.45, 7) is 0.329. The first-order valence-electron chi connectivity index (χ1n) is 6.36. The average molecular weight is 329 g/mol. The number of benzene rings is 1. The third kappa shape index (κ3) is 3.67. The fourth-order valence-electron chi connectivity index (χ4n) is 2.38. The van der Waals surface area contributed by atoms with Crippen molar-refractivity contribution in [2.75, 3.05) is 6.61 Å². The molecule has 104 valence electrons. The Hall–Kier alpha value is -1.14. The van der Waals surface area contributed by atoms with Crippen molar-refractivity contribution in [2.24, 2.45) is 5.73 Å². The molecule has 0 unspecified atom stereocenters. The van der Waals surface area contributed by atoms with Crippen LogP contribution in [0, 0.1) is 10.1 Å². The van der Waals surface area contributed by atoms with Crippen LogP contribution in [0.15, 0.2) is 22.7 Å². The fourth-order valence-corrected chi connectivity index (χ4v) is 2.73. The van der Waals surface area contributed by atoms with Crippen molar-refractivity contribution in [1.29, 1.82) is 0 Å². The van der Waals surface area contributed by atoms with Crippen LogP contribution >= 0.6 is 15.9 Å². The molecule has 0 amide bonds. The van der Waals surface area contributed by atoms with E-state index in [0.717, 1.165) is 25.7 Å². The monoisotopic (exact) mass is 328 g/mol. The largest absolute Gasteiger partial charge is 0.485 e. The maximum absolute atomic E-state index is 11.0. The van der Waals surface area contributed by atoms with Crippen LogP contribution in [0.2, 0.25) is 0 Å². The maximum Gasteiger partial charge on any atom is 0.312 e. The Morgan fingerprint density at radius 1 is 1.37 bits per heavy atom. The van der Waals surface area contributed by atoms with E-state index in [0.29, 0.717) is 11.1 Å². The van der Waals surface area contributed by atoms with Gasteiger partial charge in [-0.25, -0.2) is 0 Å². The summed E-state index contributed by atoms with van der Waals surface area (Å²) in [5.41, 5.74) is 5.88. The van der Waals surface area contributed by atoms with Crippen LogP contribution in [0.25, 0.3) is 0 Å². The lowest BCUT2D eigenvalue weighted by Crippen LogP contribution is -2.47. The summed E-state index contributed by atoms with van der Waals surface area (Å²) in [6, 6.07) is 4.78. The number of nitro benzene ring substituents is 1. The molecular formula is C13H17BrN2O3. The highest BCUT2D eigenvalue weighted by molar-refractivity contribution is 9.10. The van der Waals surface area contributed by atoms with Crippen molar-refractivity contribution in [3.63, 3.8) is 0 Å². The van der Waals surface area contributed by atoms with Gasteiger partial charge in [0.15, 0.2) is 5.75 Å². The fraction of sp³-hybridized carbons (Fsp3) is 0.538. The standard InChI is InChI=1S/C13H17BrN2O3/c14-10-4-5-12(11(8-10)16(17)18)19-9-13(15)6-2-1-3-7-13/h4-5,8H,1-3,6-7,9,15H2. The molecular weight excluding hydrogens is 312 g/mol. The van der Waals surface area contributed by atoms with E-state index in [1.807, 2.05) is 0 Å². The number of hydrogen-bond acceptors (Lipinski definition) is 4. The van der Waals surface area contributed by atoms with Crippen molar-refractivity contribution in [3.8, 4) is 5.75 Å². The smallest absolute Gasteiger partial charge is 0.312 e. The van der Waals surface area contributed by atoms with E-state index in [9.17, 15) is 10.1 Å². The van der Waals surface area contributed by atoms with Crippen LogP contribution in [-0.4, -0.2) is 17.1 Å². The minimum atomic E-state index is -0.440. The molecule has 6 heteroatoms. The van der Waals surface area contributed by atoms with Gasteiger partial charge < -0.3 is 10.5 Å². The van der Waals surface area contributed by atoms with Gasteiger partial charge in [0, 0.05) is 10.5 Å². The van der Waals surface area contributed by atoms with Gasteiger partial charge in [-0.15, -0.1) is 0 Å². The van der Waals surface area contributed by atoms with Crippen LogP contribution in [0.5, 0.6) is 5.75 Å². The van der Waals surface area contributed by atoms with Gasteiger partial charge in [0.25, 0.3) is 0 Å². The van der Waals surface area contributed by atoms with Gasteiger partial charge in [-0.3, -0.25) is 10.1 Å². The van der Waals surface area contributed by atoms with Crippen molar-refractivity contribution in [3.05, 3.63) is 32.8 Å². The molecule has 0 heterocycles. The molecule has 0 spiro atoms. The number of nitro groups is 1. The first kappa shape index (κ1) is 14.3. The summed E-state index contributed by atoms with van der Waals surface area (Å²) in [6.07, 6.45) is 5.23. The van der Waals surface area contributed by atoms with E-state index in [1.165, 1.54) is 12.5 Å². The number of hydrogen-bond donors (Lipinski definition) is 1. The van der Waals surface area contributed by atoms with Gasteiger partial charge >= 0.3 is 5.69 Å². The van der Waals surface area contributed by atoms with E-state index in [4.69, 9.17) is 10.5 Å². The van der Waals surface area contributed by atoms with Crippen molar-refractivity contribution in [2.45, 2.75) is 37.6 Å². The van der Waals surface area contributed by atoms with Crippen LogP contribution < -0.4 is 10.5 Å². The normalized spacial score (nSPS) is 18.0. The Morgan fingerprint density at radius 3 is 2.68 bits per heavy atom. The minimum absolute atomic E-state index is 0.0335. The zero-order valence-corrected chi connectivity index (χ0v) is 12.2. The number of ether oxygens (including phenoxy) is 1. The van der Waals surface area contributed by atoms with Gasteiger partial charge in [0.05, 0.1) is 10.5 Å². The quantitative estimate of drug-likeness (QED) is 0.678. The van der Waals surface area contributed by atoms with Crippen LogP contribution in [0.1, 0.15) is 32.1 Å². The highest BCUT2D eigenvalue weighted by atomic mass is 79.9. The zero-order chi connectivity index (χ0) is 13.9. The highest BCUT2D eigenvalue weighted by Gasteiger charge is 2.29. The molecule has 1 aromatic carbocycles. The molecule has 0 aromatic heterocycles. The third-order valence-corrected chi connectivity index (χ3v) is 3.98. The number of rotatable bonds is 4. The van der Waals surface area contributed by atoms with E-state index >= 15 is 0 Å². The molecule has 0 aliphatic heterocycles. The van der Waals surface area contributed by atoms with Crippen LogP contribution in [-0.2, 0) is 0 Å². The Labute approximate surface area is 120 Å². The second-order valence-corrected chi connectivity index (χ2v) is 6.00. The number of nitrogens with zero attached hydrogens (tertiary/aromatic N) is 1.